The minimum Gasteiger partial charge on any atom is -0.462 e. The first-order valence-corrected chi connectivity index (χ1v) is 10.8. The molecule has 1 aliphatic rings. The van der Waals surface area contributed by atoms with E-state index in [2.05, 4.69) is 10.1 Å². The third-order valence-electron chi connectivity index (χ3n) is 4.93. The summed E-state index contributed by atoms with van der Waals surface area (Å²) in [6.45, 7) is 0.184. The Morgan fingerprint density at radius 1 is 1.03 bits per heavy atom. The highest BCUT2D eigenvalue weighted by Gasteiger charge is 2.33. The molecule has 34 heavy (non-hydrogen) atoms. The lowest BCUT2D eigenvalue weighted by atomic mass is 9.97. The van der Waals surface area contributed by atoms with E-state index in [0.29, 0.717) is 17.9 Å². The van der Waals surface area contributed by atoms with Crippen LogP contribution in [0.5, 0.6) is 0 Å². The van der Waals surface area contributed by atoms with Gasteiger partial charge in [0.2, 0.25) is 0 Å². The number of piperidine rings is 1. The van der Waals surface area contributed by atoms with Crippen molar-refractivity contribution in [3.05, 3.63) is 29.8 Å². The van der Waals surface area contributed by atoms with E-state index in [0.717, 1.165) is 17.7 Å². The number of amides is 2. The summed E-state index contributed by atoms with van der Waals surface area (Å²) in [7, 11) is 0. The summed E-state index contributed by atoms with van der Waals surface area (Å²) < 4.78 is 50.7. The molecule has 1 fully saturated rings. The third kappa shape index (κ3) is 9.28. The molecule has 1 N–H and O–H groups in total. The summed E-state index contributed by atoms with van der Waals surface area (Å²) in [6.07, 6.45) is -3.67. The Labute approximate surface area is 194 Å². The van der Waals surface area contributed by atoms with Crippen molar-refractivity contribution in [2.75, 3.05) is 38.2 Å². The standard InChI is InChI=1S/C22H27F3N2O7/c1-2-3-12-32-19(29)15-4-6-17(7-5-15)26-18(28)13-33-20(30)16-8-10-27(11-9-16)21(31)34-14-22(23,24)25/h4-7,16H,2-3,8-14H2,1H3,(H,26,28). The van der Waals surface area contributed by atoms with Gasteiger partial charge in [-0.2, -0.15) is 13.2 Å². The number of nitrogens with one attached hydrogen (secondary N) is 1. The molecule has 2 rings (SSSR count). The van der Waals surface area contributed by atoms with Gasteiger partial charge in [0.05, 0.1) is 18.1 Å². The SMILES string of the molecule is CCCCOC(=O)c1ccc(NC(=O)COC(=O)C2CCN(C(=O)OCC(F)(F)F)CC2)cc1. The lowest BCUT2D eigenvalue weighted by molar-refractivity contribution is -0.163. The van der Waals surface area contributed by atoms with Gasteiger partial charge in [-0.05, 0) is 43.5 Å². The Bertz CT molecular complexity index is 851. The van der Waals surface area contributed by atoms with Crippen LogP contribution in [0, 0.1) is 5.92 Å². The molecule has 1 aliphatic heterocycles. The highest BCUT2D eigenvalue weighted by molar-refractivity contribution is 5.94. The number of anilines is 1. The second-order valence-electron chi connectivity index (χ2n) is 7.65. The first kappa shape index (κ1) is 26.9. The number of rotatable bonds is 9. The second kappa shape index (κ2) is 12.8. The lowest BCUT2D eigenvalue weighted by Crippen LogP contribution is -2.42. The van der Waals surface area contributed by atoms with Crippen LogP contribution in [-0.2, 0) is 23.8 Å². The molecule has 0 aromatic heterocycles. The number of carbonyl (C=O) groups is 4. The summed E-state index contributed by atoms with van der Waals surface area (Å²) in [4.78, 5) is 48.8. The average molecular weight is 488 g/mol. The summed E-state index contributed by atoms with van der Waals surface area (Å²) in [5.41, 5.74) is 0.742. The number of halogens is 3. The molecule has 0 radical (unpaired) electrons. The van der Waals surface area contributed by atoms with Gasteiger partial charge in [-0.25, -0.2) is 9.59 Å². The van der Waals surface area contributed by atoms with Gasteiger partial charge in [0.1, 0.15) is 0 Å². The van der Waals surface area contributed by atoms with Gasteiger partial charge in [-0.15, -0.1) is 0 Å². The van der Waals surface area contributed by atoms with Gasteiger partial charge in [-0.1, -0.05) is 13.3 Å². The van der Waals surface area contributed by atoms with E-state index in [1.165, 1.54) is 24.3 Å². The largest absolute Gasteiger partial charge is 0.462 e. The molecule has 1 saturated heterocycles. The number of hydrogen-bond donors (Lipinski definition) is 1. The highest BCUT2D eigenvalue weighted by atomic mass is 19.4. The Morgan fingerprint density at radius 2 is 1.68 bits per heavy atom. The van der Waals surface area contributed by atoms with E-state index in [1.807, 2.05) is 6.92 Å². The van der Waals surface area contributed by atoms with Crippen LogP contribution in [0.3, 0.4) is 0 Å². The maximum atomic E-state index is 12.2. The molecule has 0 unspecified atom stereocenters. The van der Waals surface area contributed by atoms with Crippen molar-refractivity contribution in [1.82, 2.24) is 4.90 Å². The number of unbranched alkanes of at least 4 members (excludes halogenated alkanes) is 1. The number of carbonyl (C=O) groups excluding carboxylic acids is 4. The molecule has 0 bridgehead atoms. The van der Waals surface area contributed by atoms with Crippen LogP contribution in [0.25, 0.3) is 0 Å². The third-order valence-corrected chi connectivity index (χ3v) is 4.93. The molecule has 9 nitrogen and oxygen atoms in total. The van der Waals surface area contributed by atoms with Gasteiger partial charge in [0, 0.05) is 18.8 Å². The van der Waals surface area contributed by atoms with Gasteiger partial charge >= 0.3 is 24.2 Å². The molecular weight excluding hydrogens is 461 g/mol. The number of esters is 2. The monoisotopic (exact) mass is 488 g/mol. The average Bonchev–Trinajstić information content (AvgIpc) is 2.81. The fourth-order valence-electron chi connectivity index (χ4n) is 3.07. The van der Waals surface area contributed by atoms with E-state index in [4.69, 9.17) is 9.47 Å². The van der Waals surface area contributed by atoms with E-state index in [9.17, 15) is 32.3 Å². The van der Waals surface area contributed by atoms with Gasteiger partial charge in [0.25, 0.3) is 5.91 Å². The summed E-state index contributed by atoms with van der Waals surface area (Å²) in [5, 5.41) is 2.54. The van der Waals surface area contributed by atoms with Crippen LogP contribution < -0.4 is 5.32 Å². The van der Waals surface area contributed by atoms with Crippen LogP contribution in [0.2, 0.25) is 0 Å². The van der Waals surface area contributed by atoms with E-state index >= 15 is 0 Å². The molecule has 188 valence electrons. The van der Waals surface area contributed by atoms with Crippen molar-refractivity contribution in [3.8, 4) is 0 Å². The smallest absolute Gasteiger partial charge is 0.422 e. The molecule has 12 heteroatoms. The zero-order valence-electron chi connectivity index (χ0n) is 18.7. The Kier molecular flexibility index (Phi) is 10.1. The first-order valence-electron chi connectivity index (χ1n) is 10.8. The van der Waals surface area contributed by atoms with Crippen molar-refractivity contribution in [2.24, 2.45) is 5.92 Å². The Hall–Kier alpha value is -3.31. The number of likely N-dealkylation sites (tertiary alicyclic amines) is 1. The number of nitrogens with zero attached hydrogens (tertiary/aromatic N) is 1. The van der Waals surface area contributed by atoms with Crippen LogP contribution >= 0.6 is 0 Å². The topological polar surface area (TPSA) is 111 Å². The Balaban J connectivity index is 1.70. The van der Waals surface area contributed by atoms with E-state index in [-0.39, 0.29) is 25.9 Å². The molecule has 2 amide bonds. The van der Waals surface area contributed by atoms with Crippen LogP contribution in [0.1, 0.15) is 43.0 Å². The normalized spacial score (nSPS) is 14.3. The first-order chi connectivity index (χ1) is 16.1. The van der Waals surface area contributed by atoms with Gasteiger partial charge < -0.3 is 24.4 Å². The number of ether oxygens (including phenoxy) is 3. The number of alkyl halides is 3. The van der Waals surface area contributed by atoms with Crippen LogP contribution in [-0.4, -0.2) is 67.9 Å². The molecule has 0 atom stereocenters. The Morgan fingerprint density at radius 3 is 2.26 bits per heavy atom. The maximum absolute atomic E-state index is 12.2. The summed E-state index contributed by atoms with van der Waals surface area (Å²) >= 11 is 0. The molecule has 0 saturated carbocycles. The molecule has 1 heterocycles. The fourth-order valence-corrected chi connectivity index (χ4v) is 3.07. The summed E-state index contributed by atoms with van der Waals surface area (Å²) in [6, 6.07) is 6.04. The maximum Gasteiger partial charge on any atom is 0.422 e. The van der Waals surface area contributed by atoms with E-state index < -0.39 is 49.2 Å². The fraction of sp³-hybridized carbons (Fsp3) is 0.545. The molecule has 0 aliphatic carbocycles. The molecule has 1 aromatic carbocycles. The zero-order chi connectivity index (χ0) is 25.1. The number of benzene rings is 1. The predicted molar refractivity (Wildman–Crippen MR) is 113 cm³/mol. The lowest BCUT2D eigenvalue weighted by Gasteiger charge is -2.30. The second-order valence-corrected chi connectivity index (χ2v) is 7.65. The van der Waals surface area contributed by atoms with Gasteiger partial charge in [-0.3, -0.25) is 9.59 Å². The van der Waals surface area contributed by atoms with Crippen molar-refractivity contribution in [2.45, 2.75) is 38.8 Å². The van der Waals surface area contributed by atoms with Crippen molar-refractivity contribution in [3.63, 3.8) is 0 Å². The minimum atomic E-state index is -4.61. The predicted octanol–water partition coefficient (Wildman–Crippen LogP) is 3.54. The van der Waals surface area contributed by atoms with E-state index in [1.54, 1.807) is 0 Å². The minimum absolute atomic E-state index is 0.0376. The highest BCUT2D eigenvalue weighted by Crippen LogP contribution is 2.21. The van der Waals surface area contributed by atoms with Crippen LogP contribution in [0.15, 0.2) is 24.3 Å². The number of hydrogen-bond acceptors (Lipinski definition) is 7. The van der Waals surface area contributed by atoms with Gasteiger partial charge in [0.15, 0.2) is 13.2 Å². The molecular formula is C22H27F3N2O7. The zero-order valence-corrected chi connectivity index (χ0v) is 18.7. The van der Waals surface area contributed by atoms with Crippen molar-refractivity contribution < 1.29 is 46.6 Å². The van der Waals surface area contributed by atoms with Crippen LogP contribution in [0.4, 0.5) is 23.7 Å². The molecule has 0 spiro atoms. The van der Waals surface area contributed by atoms with Crippen molar-refractivity contribution >= 4 is 29.6 Å². The summed E-state index contributed by atoms with van der Waals surface area (Å²) in [5.74, 6) is -2.26. The van der Waals surface area contributed by atoms with Crippen molar-refractivity contribution in [1.29, 1.82) is 0 Å². The quantitative estimate of drug-likeness (QED) is 0.322. The molecule has 1 aromatic rings.